The van der Waals surface area contributed by atoms with E-state index in [-0.39, 0.29) is 12.3 Å². The van der Waals surface area contributed by atoms with Gasteiger partial charge in [-0.1, -0.05) is 0 Å². The van der Waals surface area contributed by atoms with E-state index in [0.717, 1.165) is 20.5 Å². The molecule has 1 aliphatic heterocycles. The molecule has 0 spiro atoms. The Bertz CT molecular complexity index is 724. The number of ketones is 1. The first-order valence-corrected chi connectivity index (χ1v) is 18.8. The molecule has 0 unspecified atom stereocenters. The van der Waals surface area contributed by atoms with Gasteiger partial charge in [0, 0.05) is 0 Å². The van der Waals surface area contributed by atoms with Gasteiger partial charge in [-0.15, -0.1) is 0 Å². The van der Waals surface area contributed by atoms with Crippen LogP contribution in [-0.2, 0) is 9.53 Å². The van der Waals surface area contributed by atoms with Crippen molar-refractivity contribution in [1.29, 1.82) is 0 Å². The van der Waals surface area contributed by atoms with Crippen LogP contribution in [0.4, 0.5) is 4.79 Å². The van der Waals surface area contributed by atoms with Crippen molar-refractivity contribution in [3.05, 3.63) is 33.4 Å². The predicted molar refractivity (Wildman–Crippen MR) is 106 cm³/mol. The summed E-state index contributed by atoms with van der Waals surface area (Å²) in [6, 6.07) is 7.68. The summed E-state index contributed by atoms with van der Waals surface area (Å²) in [6.07, 6.45) is -0.444. The summed E-state index contributed by atoms with van der Waals surface area (Å²) < 4.78 is 11.7. The van der Waals surface area contributed by atoms with Crippen LogP contribution in [0.5, 0.6) is 5.75 Å². The SMILES string of the molecule is COc1ccc(C2=[C]([Sn]([CH3])([CH3])[CH3])C(=O)CN(C(=O)OC(C)(C)C)C2)cc1. The number of carbonyl (C=O) groups is 2. The van der Waals surface area contributed by atoms with Gasteiger partial charge < -0.3 is 0 Å². The van der Waals surface area contributed by atoms with Gasteiger partial charge in [-0.05, 0) is 0 Å². The zero-order valence-electron chi connectivity index (χ0n) is 16.8. The van der Waals surface area contributed by atoms with E-state index in [9.17, 15) is 9.59 Å². The van der Waals surface area contributed by atoms with Crippen LogP contribution < -0.4 is 4.74 Å². The third kappa shape index (κ3) is 5.02. The zero-order valence-corrected chi connectivity index (χ0v) is 19.7. The number of ether oxygens (including phenoxy) is 2. The van der Waals surface area contributed by atoms with E-state index >= 15 is 0 Å². The van der Waals surface area contributed by atoms with E-state index < -0.39 is 30.1 Å². The molecule has 0 radical (unpaired) electrons. The minimum absolute atomic E-state index is 0.0521. The fourth-order valence-corrected chi connectivity index (χ4v) is 8.94. The van der Waals surface area contributed by atoms with Gasteiger partial charge >= 0.3 is 160 Å². The molecule has 0 fully saturated rings. The van der Waals surface area contributed by atoms with E-state index in [1.54, 1.807) is 7.11 Å². The van der Waals surface area contributed by atoms with Crippen molar-refractivity contribution in [2.24, 2.45) is 0 Å². The van der Waals surface area contributed by atoms with E-state index in [1.165, 1.54) is 4.90 Å². The Hall–Kier alpha value is -1.50. The summed E-state index contributed by atoms with van der Waals surface area (Å²) in [7, 11) is 1.62. The Balaban J connectivity index is 2.45. The second-order valence-electron chi connectivity index (χ2n) is 8.59. The molecule has 0 bridgehead atoms. The van der Waals surface area contributed by atoms with E-state index in [2.05, 4.69) is 14.8 Å². The van der Waals surface area contributed by atoms with Gasteiger partial charge in [0.25, 0.3) is 0 Å². The van der Waals surface area contributed by atoms with Crippen LogP contribution in [0.15, 0.2) is 27.9 Å². The number of carbonyl (C=O) groups excluding carboxylic acids is 2. The Kier molecular flexibility index (Phi) is 6.10. The summed E-state index contributed by atoms with van der Waals surface area (Å²) in [5.74, 6) is 0.817. The number of benzene rings is 1. The number of nitrogens with zero attached hydrogens (tertiary/aromatic N) is 1. The van der Waals surface area contributed by atoms with Crippen molar-refractivity contribution in [2.75, 3.05) is 20.2 Å². The molecule has 6 heteroatoms. The number of methoxy groups -OCH3 is 1. The molecule has 0 aliphatic carbocycles. The quantitative estimate of drug-likeness (QED) is 0.629. The minimum atomic E-state index is -2.68. The van der Waals surface area contributed by atoms with E-state index in [4.69, 9.17) is 9.47 Å². The molecule has 26 heavy (non-hydrogen) atoms. The molecule has 0 N–H and O–H groups in total. The number of Topliss-reactive ketones (excluding diaryl/α,β-unsaturated/α-hetero) is 1. The molecule has 0 atom stereocenters. The summed E-state index contributed by atoms with van der Waals surface area (Å²) in [5.41, 5.74) is 1.33. The number of hydrogen-bond acceptors (Lipinski definition) is 4. The van der Waals surface area contributed by atoms with Gasteiger partial charge in [0.1, 0.15) is 0 Å². The van der Waals surface area contributed by atoms with Crippen LogP contribution in [0.3, 0.4) is 0 Å². The monoisotopic (exact) mass is 467 g/mol. The normalized spacial score (nSPS) is 16.0. The molecule has 1 aromatic carbocycles. The van der Waals surface area contributed by atoms with Crippen molar-refractivity contribution in [3.63, 3.8) is 0 Å². The second-order valence-corrected chi connectivity index (χ2v) is 22.9. The number of rotatable bonds is 3. The molecule has 0 saturated heterocycles. The molecule has 0 aromatic heterocycles. The summed E-state index contributed by atoms with van der Waals surface area (Å²) in [5, 5.41) is 0. The maximum absolute atomic E-state index is 12.9. The third-order valence-electron chi connectivity index (χ3n) is 4.10. The zero-order chi connectivity index (χ0) is 19.7. The predicted octanol–water partition coefficient (Wildman–Crippen LogP) is 4.15. The average molecular weight is 466 g/mol. The van der Waals surface area contributed by atoms with Crippen LogP contribution in [0, 0.1) is 0 Å². The number of hydrogen-bond donors (Lipinski definition) is 0. The topological polar surface area (TPSA) is 55.8 Å². The molecular formula is C20H29NO4Sn. The molecule has 2 rings (SSSR count). The third-order valence-corrected chi connectivity index (χ3v) is 10.0. The van der Waals surface area contributed by atoms with Crippen molar-refractivity contribution in [3.8, 4) is 5.75 Å². The van der Waals surface area contributed by atoms with Crippen LogP contribution in [0.2, 0.25) is 14.8 Å². The van der Waals surface area contributed by atoms with Gasteiger partial charge in [-0.2, -0.15) is 0 Å². The van der Waals surface area contributed by atoms with Gasteiger partial charge in [-0.25, -0.2) is 0 Å². The second kappa shape index (κ2) is 7.62. The first kappa shape index (κ1) is 20.8. The van der Waals surface area contributed by atoms with Gasteiger partial charge in [0.05, 0.1) is 0 Å². The molecule has 0 saturated carbocycles. The Morgan fingerprint density at radius 3 is 2.12 bits per heavy atom. The Morgan fingerprint density at radius 2 is 1.65 bits per heavy atom. The summed E-state index contributed by atoms with van der Waals surface area (Å²) in [4.78, 5) is 33.7. The molecule has 5 nitrogen and oxygen atoms in total. The molecule has 1 aromatic rings. The molecule has 1 aliphatic rings. The molecule has 1 amide bonds. The summed E-state index contributed by atoms with van der Waals surface area (Å²) in [6.45, 7) is 5.98. The fourth-order valence-electron chi connectivity index (χ4n) is 3.10. The van der Waals surface area contributed by atoms with Crippen LogP contribution in [-0.4, -0.2) is 61.0 Å². The first-order chi connectivity index (χ1) is 11.9. The fraction of sp³-hybridized carbons (Fsp3) is 0.500. The van der Waals surface area contributed by atoms with Crippen molar-refractivity contribution in [1.82, 2.24) is 4.90 Å². The number of amides is 1. The van der Waals surface area contributed by atoms with Crippen molar-refractivity contribution >= 4 is 35.8 Å². The summed E-state index contributed by atoms with van der Waals surface area (Å²) >= 11 is -2.68. The van der Waals surface area contributed by atoms with E-state index in [1.807, 2.05) is 45.0 Å². The first-order valence-electron chi connectivity index (χ1n) is 8.81. The van der Waals surface area contributed by atoms with Gasteiger partial charge in [-0.3, -0.25) is 0 Å². The van der Waals surface area contributed by atoms with Crippen LogP contribution in [0.1, 0.15) is 26.3 Å². The van der Waals surface area contributed by atoms with Crippen molar-refractivity contribution in [2.45, 2.75) is 41.2 Å². The molecule has 1 heterocycles. The van der Waals surface area contributed by atoms with Gasteiger partial charge in [0.2, 0.25) is 0 Å². The Labute approximate surface area is 160 Å². The molecular weight excluding hydrogens is 437 g/mol. The molecule has 142 valence electrons. The maximum atomic E-state index is 12.9. The van der Waals surface area contributed by atoms with E-state index in [0.29, 0.717) is 6.54 Å². The van der Waals surface area contributed by atoms with Crippen LogP contribution >= 0.6 is 0 Å². The Morgan fingerprint density at radius 1 is 1.08 bits per heavy atom. The standard InChI is InChI=1S/C17H20NO4.3CH3.Sn/c1-17(2,3)22-16(20)18-10-13(9-14(19)11-18)12-5-7-15(21-4)8-6-12;;;;/h5-8H,10-11H2,1-4H3;3*1H3;. The van der Waals surface area contributed by atoms with Crippen LogP contribution in [0.25, 0.3) is 5.57 Å². The van der Waals surface area contributed by atoms with Gasteiger partial charge in [0.15, 0.2) is 0 Å². The van der Waals surface area contributed by atoms with Crippen molar-refractivity contribution < 1.29 is 19.1 Å². The average Bonchev–Trinajstić information content (AvgIpc) is 2.51.